The first kappa shape index (κ1) is 38.0. The van der Waals surface area contributed by atoms with E-state index in [2.05, 4.69) is 42.7 Å². The van der Waals surface area contributed by atoms with Gasteiger partial charge in [-0.1, -0.05) is 5.92 Å². The molecule has 0 amide bonds. The first-order valence-electron chi connectivity index (χ1n) is 19.4. The van der Waals surface area contributed by atoms with Crippen LogP contribution in [0.15, 0.2) is 24.3 Å². The fourth-order valence-electron chi connectivity index (χ4n) is 7.88. The van der Waals surface area contributed by atoms with Crippen molar-refractivity contribution in [1.82, 2.24) is 29.9 Å². The largest absolute Gasteiger partial charge is 0.494 e. The summed E-state index contributed by atoms with van der Waals surface area (Å²) in [5.74, 6) is 6.91. The number of piperidine rings is 1. The molecule has 1 saturated carbocycles. The van der Waals surface area contributed by atoms with E-state index in [-0.39, 0.29) is 6.10 Å². The molecule has 1 N–H and O–H groups in total. The van der Waals surface area contributed by atoms with E-state index < -0.39 is 0 Å². The molecule has 12 heteroatoms. The predicted molar refractivity (Wildman–Crippen MR) is 196 cm³/mol. The number of aromatic nitrogens is 3. The normalized spacial score (nSPS) is 25.1. The molecule has 4 heterocycles. The molecular weight excluding hydrogens is 648 g/mol. The zero-order valence-electron chi connectivity index (χ0n) is 30.7. The van der Waals surface area contributed by atoms with Crippen LogP contribution in [-0.4, -0.2) is 141 Å². The maximum Gasteiger partial charge on any atom is 0.136 e. The van der Waals surface area contributed by atoms with Crippen LogP contribution in [0, 0.1) is 19.3 Å². The van der Waals surface area contributed by atoms with Crippen molar-refractivity contribution in [3.05, 3.63) is 35.9 Å². The van der Waals surface area contributed by atoms with Crippen LogP contribution in [0.5, 0.6) is 11.5 Å². The van der Waals surface area contributed by atoms with Crippen molar-refractivity contribution in [2.45, 2.75) is 88.4 Å². The summed E-state index contributed by atoms with van der Waals surface area (Å²) in [5.41, 5.74) is 0. The molecule has 282 valence electrons. The summed E-state index contributed by atoms with van der Waals surface area (Å²) in [6.45, 7) is 13.8. The number of fused-ring (bicyclic) bond motifs is 2. The van der Waals surface area contributed by atoms with E-state index in [9.17, 15) is 0 Å². The summed E-state index contributed by atoms with van der Waals surface area (Å²) >= 11 is 0. The molecule has 4 aliphatic rings. The second kappa shape index (κ2) is 20.5. The standard InChI is InChI=1S/C39H60N6O6/c1-3-18-46-21-23-48-25-26-49-24-22-47-20-17-44-15-13-43(14-16-44)12-4-5-19-50-36-8-10-37(11-9-36)51-38-27-32(28-38)39-42-41-31(2)45(39)35-29-33-6-7-34(30-35)40-33/h1,8-11,32-35,38,40H,4-7,12-30H2,2H3. The topological polar surface area (TPSA) is 105 Å². The van der Waals surface area contributed by atoms with Gasteiger partial charge in [-0.3, -0.25) is 4.90 Å². The molecule has 51 heavy (non-hydrogen) atoms. The number of ether oxygens (including phenoxy) is 6. The highest BCUT2D eigenvalue weighted by Gasteiger charge is 2.40. The average molecular weight is 709 g/mol. The minimum absolute atomic E-state index is 0.227. The van der Waals surface area contributed by atoms with E-state index in [1.807, 2.05) is 24.3 Å². The van der Waals surface area contributed by atoms with Crippen molar-refractivity contribution in [3.8, 4) is 23.8 Å². The first-order chi connectivity index (χ1) is 25.1. The highest BCUT2D eigenvalue weighted by atomic mass is 16.6. The maximum atomic E-state index is 6.32. The zero-order chi connectivity index (χ0) is 35.1. The Morgan fingerprint density at radius 2 is 1.33 bits per heavy atom. The van der Waals surface area contributed by atoms with Gasteiger partial charge < -0.3 is 43.2 Å². The van der Waals surface area contributed by atoms with Gasteiger partial charge in [-0.05, 0) is 89.1 Å². The molecule has 0 radical (unpaired) electrons. The fraction of sp³-hybridized carbons (Fsp3) is 0.744. The highest BCUT2D eigenvalue weighted by molar-refractivity contribution is 5.31. The number of hydrogen-bond acceptors (Lipinski definition) is 11. The Kier molecular flexibility index (Phi) is 15.2. The molecule has 4 fully saturated rings. The predicted octanol–water partition coefficient (Wildman–Crippen LogP) is 3.84. The summed E-state index contributed by atoms with van der Waals surface area (Å²) in [5, 5.41) is 12.9. The summed E-state index contributed by atoms with van der Waals surface area (Å²) in [6, 6.07) is 9.99. The summed E-state index contributed by atoms with van der Waals surface area (Å²) in [7, 11) is 0. The van der Waals surface area contributed by atoms with Crippen LogP contribution in [0.1, 0.15) is 75.0 Å². The lowest BCUT2D eigenvalue weighted by Crippen LogP contribution is -2.47. The third-order valence-corrected chi connectivity index (χ3v) is 10.7. The average Bonchev–Trinajstić information content (AvgIpc) is 3.68. The summed E-state index contributed by atoms with van der Waals surface area (Å²) in [6.07, 6.45) is 14.5. The molecular formula is C39H60N6O6. The molecule has 2 aromatic rings. The third kappa shape index (κ3) is 11.9. The second-order valence-corrected chi connectivity index (χ2v) is 14.5. The Balaban J connectivity index is 0.751. The number of nitrogens with zero attached hydrogens (tertiary/aromatic N) is 5. The third-order valence-electron chi connectivity index (χ3n) is 10.7. The van der Waals surface area contributed by atoms with Gasteiger partial charge in [0.05, 0.1) is 52.9 Å². The highest BCUT2D eigenvalue weighted by Crippen LogP contribution is 2.42. The lowest BCUT2D eigenvalue weighted by atomic mass is 9.81. The lowest BCUT2D eigenvalue weighted by Gasteiger charge is -2.37. The Bertz CT molecular complexity index is 1310. The number of aryl methyl sites for hydroxylation is 1. The molecule has 2 atom stereocenters. The monoisotopic (exact) mass is 708 g/mol. The van der Waals surface area contributed by atoms with Gasteiger partial charge in [0.15, 0.2) is 0 Å². The van der Waals surface area contributed by atoms with E-state index in [1.54, 1.807) is 0 Å². The van der Waals surface area contributed by atoms with Gasteiger partial charge in [0.2, 0.25) is 0 Å². The van der Waals surface area contributed by atoms with Crippen LogP contribution in [0.25, 0.3) is 0 Å². The number of hydrogen-bond donors (Lipinski definition) is 1. The molecule has 6 rings (SSSR count). The molecule has 2 bridgehead atoms. The van der Waals surface area contributed by atoms with Crippen LogP contribution in [-0.2, 0) is 18.9 Å². The SMILES string of the molecule is C#CCOCCOCCOCCOCCN1CCN(CCCCOc2ccc(OC3CC(c4nnc(C)n4C4CC5CCC(C4)N5)C3)cc2)CC1. The maximum absolute atomic E-state index is 6.32. The van der Waals surface area contributed by atoms with Crippen LogP contribution >= 0.6 is 0 Å². The molecule has 12 nitrogen and oxygen atoms in total. The summed E-state index contributed by atoms with van der Waals surface area (Å²) < 4.78 is 36.7. The number of unbranched alkanes of at least 4 members (excludes halogenated alkanes) is 1. The molecule has 3 aliphatic heterocycles. The van der Waals surface area contributed by atoms with E-state index in [1.165, 1.54) is 31.5 Å². The van der Waals surface area contributed by atoms with E-state index in [0.717, 1.165) is 95.5 Å². The molecule has 1 aromatic carbocycles. The van der Waals surface area contributed by atoms with Crippen LogP contribution in [0.4, 0.5) is 0 Å². The van der Waals surface area contributed by atoms with Gasteiger partial charge in [-0.25, -0.2) is 0 Å². The molecule has 1 aliphatic carbocycles. The van der Waals surface area contributed by atoms with Gasteiger partial charge in [0, 0.05) is 56.8 Å². The minimum Gasteiger partial charge on any atom is -0.494 e. The van der Waals surface area contributed by atoms with Crippen molar-refractivity contribution in [1.29, 1.82) is 0 Å². The van der Waals surface area contributed by atoms with Gasteiger partial charge in [0.25, 0.3) is 0 Å². The smallest absolute Gasteiger partial charge is 0.136 e. The quantitative estimate of drug-likeness (QED) is 0.135. The van der Waals surface area contributed by atoms with Crippen molar-refractivity contribution < 1.29 is 28.4 Å². The number of rotatable bonds is 23. The molecule has 0 spiro atoms. The molecule has 1 aromatic heterocycles. The van der Waals surface area contributed by atoms with Gasteiger partial charge in [-0.2, -0.15) is 0 Å². The number of piperazine rings is 1. The Morgan fingerprint density at radius 3 is 2.00 bits per heavy atom. The number of nitrogens with one attached hydrogen (secondary N) is 1. The molecule has 3 saturated heterocycles. The van der Waals surface area contributed by atoms with Crippen molar-refractivity contribution >= 4 is 0 Å². The van der Waals surface area contributed by atoms with Crippen molar-refractivity contribution in [2.24, 2.45) is 0 Å². The molecule has 2 unspecified atom stereocenters. The zero-order valence-corrected chi connectivity index (χ0v) is 30.7. The number of terminal acetylenes is 1. The van der Waals surface area contributed by atoms with Crippen LogP contribution in [0.2, 0.25) is 0 Å². The Labute approximate surface area is 304 Å². The van der Waals surface area contributed by atoms with Gasteiger partial charge in [0.1, 0.15) is 35.9 Å². The van der Waals surface area contributed by atoms with E-state index in [4.69, 9.17) is 34.8 Å². The Morgan fingerprint density at radius 1 is 0.725 bits per heavy atom. The lowest BCUT2D eigenvalue weighted by molar-refractivity contribution is -0.00259. The Hall–Kier alpha value is -2.76. The van der Waals surface area contributed by atoms with Crippen molar-refractivity contribution in [3.63, 3.8) is 0 Å². The first-order valence-corrected chi connectivity index (χ1v) is 19.4. The van der Waals surface area contributed by atoms with Crippen LogP contribution < -0.4 is 14.8 Å². The minimum atomic E-state index is 0.227. The fourth-order valence-corrected chi connectivity index (χ4v) is 7.88. The van der Waals surface area contributed by atoms with Gasteiger partial charge >= 0.3 is 0 Å². The second-order valence-electron chi connectivity index (χ2n) is 14.5. The van der Waals surface area contributed by atoms with E-state index >= 15 is 0 Å². The van der Waals surface area contributed by atoms with Crippen molar-refractivity contribution in [2.75, 3.05) is 98.7 Å². The number of benzene rings is 1. The van der Waals surface area contributed by atoms with Gasteiger partial charge in [-0.15, -0.1) is 16.6 Å². The van der Waals surface area contributed by atoms with E-state index in [0.29, 0.717) is 70.3 Å². The van der Waals surface area contributed by atoms with Crippen LogP contribution in [0.3, 0.4) is 0 Å². The summed E-state index contributed by atoms with van der Waals surface area (Å²) in [4.78, 5) is 5.05.